The zero-order valence-electron chi connectivity index (χ0n) is 17.3. The molecular weight excluding hydrogens is 384 g/mol. The standard InChI is InChI=1S/C22H30N4O4/c27-19(25-13-1-2-14-25)9-11-23-21(29)17-5-7-18(8-6-17)22(30)24-12-10-20(28)26-15-3-4-16-26/h5-8H,1-4,9-16H2,(H,23,29)(H,24,30). The maximum atomic E-state index is 12.2. The first-order valence-electron chi connectivity index (χ1n) is 10.8. The quantitative estimate of drug-likeness (QED) is 0.667. The van der Waals surface area contributed by atoms with E-state index in [1.807, 2.05) is 9.80 Å². The summed E-state index contributed by atoms with van der Waals surface area (Å²) < 4.78 is 0. The molecule has 4 amide bonds. The Labute approximate surface area is 177 Å². The predicted molar refractivity (Wildman–Crippen MR) is 112 cm³/mol. The van der Waals surface area contributed by atoms with Gasteiger partial charge in [0.25, 0.3) is 11.8 Å². The van der Waals surface area contributed by atoms with Crippen LogP contribution in [0.25, 0.3) is 0 Å². The van der Waals surface area contributed by atoms with Crippen LogP contribution in [0.4, 0.5) is 0 Å². The molecule has 0 aromatic heterocycles. The van der Waals surface area contributed by atoms with Crippen molar-refractivity contribution in [2.24, 2.45) is 0 Å². The van der Waals surface area contributed by atoms with Crippen molar-refractivity contribution in [1.82, 2.24) is 20.4 Å². The molecule has 1 aromatic rings. The van der Waals surface area contributed by atoms with E-state index in [0.29, 0.717) is 37.1 Å². The van der Waals surface area contributed by atoms with E-state index in [1.165, 1.54) is 0 Å². The highest BCUT2D eigenvalue weighted by atomic mass is 16.2. The normalized spacial score (nSPS) is 15.9. The van der Waals surface area contributed by atoms with Crippen molar-refractivity contribution in [1.29, 1.82) is 0 Å². The average Bonchev–Trinajstić information content (AvgIpc) is 3.47. The Morgan fingerprint density at radius 2 is 0.967 bits per heavy atom. The van der Waals surface area contributed by atoms with Crippen LogP contribution in [0.5, 0.6) is 0 Å². The third kappa shape index (κ3) is 6.05. The van der Waals surface area contributed by atoms with Gasteiger partial charge < -0.3 is 20.4 Å². The fourth-order valence-corrected chi connectivity index (χ4v) is 3.79. The second-order valence-corrected chi connectivity index (χ2v) is 7.76. The molecule has 8 nitrogen and oxygen atoms in total. The second-order valence-electron chi connectivity index (χ2n) is 7.76. The van der Waals surface area contributed by atoms with Crippen LogP contribution in [0.3, 0.4) is 0 Å². The Balaban J connectivity index is 1.37. The van der Waals surface area contributed by atoms with Crippen LogP contribution in [0.1, 0.15) is 59.2 Å². The van der Waals surface area contributed by atoms with Crippen molar-refractivity contribution in [2.45, 2.75) is 38.5 Å². The Morgan fingerprint density at radius 1 is 0.633 bits per heavy atom. The number of hydrogen-bond donors (Lipinski definition) is 2. The number of rotatable bonds is 8. The maximum Gasteiger partial charge on any atom is 0.251 e. The van der Waals surface area contributed by atoms with Crippen molar-refractivity contribution in [3.8, 4) is 0 Å². The van der Waals surface area contributed by atoms with Gasteiger partial charge in [-0.3, -0.25) is 19.2 Å². The first kappa shape index (κ1) is 21.8. The molecule has 0 spiro atoms. The van der Waals surface area contributed by atoms with Gasteiger partial charge in [-0.2, -0.15) is 0 Å². The van der Waals surface area contributed by atoms with E-state index in [2.05, 4.69) is 10.6 Å². The number of carbonyl (C=O) groups excluding carboxylic acids is 4. The molecule has 0 unspecified atom stereocenters. The Hall–Kier alpha value is -2.90. The lowest BCUT2D eigenvalue weighted by atomic mass is 10.1. The van der Waals surface area contributed by atoms with E-state index in [9.17, 15) is 19.2 Å². The molecule has 2 heterocycles. The van der Waals surface area contributed by atoms with Crippen molar-refractivity contribution >= 4 is 23.6 Å². The van der Waals surface area contributed by atoms with E-state index >= 15 is 0 Å². The van der Waals surface area contributed by atoms with Crippen molar-refractivity contribution in [3.05, 3.63) is 35.4 Å². The van der Waals surface area contributed by atoms with Gasteiger partial charge >= 0.3 is 0 Å². The Bertz CT molecular complexity index is 701. The predicted octanol–water partition coefficient (Wildman–Crippen LogP) is 1.17. The first-order valence-corrected chi connectivity index (χ1v) is 10.8. The third-order valence-electron chi connectivity index (χ3n) is 5.58. The van der Waals surface area contributed by atoms with Crippen molar-refractivity contribution in [2.75, 3.05) is 39.3 Å². The van der Waals surface area contributed by atoms with Crippen LogP contribution in [-0.2, 0) is 9.59 Å². The molecule has 30 heavy (non-hydrogen) atoms. The molecule has 0 saturated carbocycles. The highest BCUT2D eigenvalue weighted by molar-refractivity contribution is 5.98. The molecule has 0 atom stereocenters. The molecule has 2 saturated heterocycles. The summed E-state index contributed by atoms with van der Waals surface area (Å²) in [5, 5.41) is 5.49. The summed E-state index contributed by atoms with van der Waals surface area (Å²) in [7, 11) is 0. The lowest BCUT2D eigenvalue weighted by molar-refractivity contribution is -0.130. The van der Waals surface area contributed by atoms with Crippen molar-refractivity contribution in [3.63, 3.8) is 0 Å². The summed E-state index contributed by atoms with van der Waals surface area (Å²) in [6.45, 7) is 3.82. The van der Waals surface area contributed by atoms with Gasteiger partial charge in [0.2, 0.25) is 11.8 Å². The lowest BCUT2D eigenvalue weighted by Gasteiger charge is -2.15. The first-order chi connectivity index (χ1) is 14.5. The molecule has 8 heteroatoms. The lowest BCUT2D eigenvalue weighted by Crippen LogP contribution is -2.33. The number of nitrogens with zero attached hydrogens (tertiary/aromatic N) is 2. The third-order valence-corrected chi connectivity index (χ3v) is 5.58. The fourth-order valence-electron chi connectivity index (χ4n) is 3.79. The molecule has 3 rings (SSSR count). The van der Waals surface area contributed by atoms with Gasteiger partial charge in [-0.25, -0.2) is 0 Å². The van der Waals surface area contributed by atoms with Crippen LogP contribution >= 0.6 is 0 Å². The number of amides is 4. The van der Waals surface area contributed by atoms with Gasteiger partial charge in [0, 0.05) is 63.2 Å². The van der Waals surface area contributed by atoms with Gasteiger partial charge in [0.1, 0.15) is 0 Å². The maximum absolute atomic E-state index is 12.2. The average molecular weight is 415 g/mol. The second kappa shape index (κ2) is 10.8. The van der Waals surface area contributed by atoms with Gasteiger partial charge in [-0.15, -0.1) is 0 Å². The summed E-state index contributed by atoms with van der Waals surface area (Å²) in [5.41, 5.74) is 0.869. The van der Waals surface area contributed by atoms with E-state index in [0.717, 1.165) is 51.9 Å². The zero-order valence-corrected chi connectivity index (χ0v) is 17.3. The smallest absolute Gasteiger partial charge is 0.251 e. The SMILES string of the molecule is O=C(NCCC(=O)N1CCCC1)c1ccc(C(=O)NCCC(=O)N2CCCC2)cc1. The van der Waals surface area contributed by atoms with Crippen LogP contribution in [0, 0.1) is 0 Å². The monoisotopic (exact) mass is 414 g/mol. The van der Waals surface area contributed by atoms with Crippen LogP contribution in [-0.4, -0.2) is 72.7 Å². The highest BCUT2D eigenvalue weighted by Gasteiger charge is 2.19. The molecule has 2 aliphatic heterocycles. The molecule has 2 N–H and O–H groups in total. The molecule has 1 aromatic carbocycles. The summed E-state index contributed by atoms with van der Waals surface area (Å²) in [6, 6.07) is 6.34. The van der Waals surface area contributed by atoms with Crippen LogP contribution < -0.4 is 10.6 Å². The van der Waals surface area contributed by atoms with Gasteiger partial charge in [0.05, 0.1) is 0 Å². The summed E-state index contributed by atoms with van der Waals surface area (Å²) in [6.07, 6.45) is 4.78. The van der Waals surface area contributed by atoms with Gasteiger partial charge in [-0.05, 0) is 49.9 Å². The largest absolute Gasteiger partial charge is 0.352 e. The molecule has 0 bridgehead atoms. The van der Waals surface area contributed by atoms with E-state index in [-0.39, 0.29) is 23.6 Å². The molecule has 0 aliphatic carbocycles. The zero-order chi connectivity index (χ0) is 21.3. The number of nitrogens with one attached hydrogen (secondary N) is 2. The molecular formula is C22H30N4O4. The van der Waals surface area contributed by atoms with Gasteiger partial charge in [-0.1, -0.05) is 0 Å². The summed E-state index contributed by atoms with van der Waals surface area (Å²) in [5.74, 6) is -0.397. The number of hydrogen-bond acceptors (Lipinski definition) is 4. The Morgan fingerprint density at radius 3 is 1.30 bits per heavy atom. The molecule has 162 valence electrons. The van der Waals surface area contributed by atoms with Crippen LogP contribution in [0.15, 0.2) is 24.3 Å². The number of likely N-dealkylation sites (tertiary alicyclic amines) is 2. The Kier molecular flexibility index (Phi) is 7.82. The van der Waals surface area contributed by atoms with Crippen LogP contribution in [0.2, 0.25) is 0 Å². The van der Waals surface area contributed by atoms with Gasteiger partial charge in [0.15, 0.2) is 0 Å². The molecule has 2 aliphatic rings. The van der Waals surface area contributed by atoms with E-state index in [4.69, 9.17) is 0 Å². The molecule has 0 radical (unpaired) electrons. The number of carbonyl (C=O) groups is 4. The van der Waals surface area contributed by atoms with Crippen molar-refractivity contribution < 1.29 is 19.2 Å². The summed E-state index contributed by atoms with van der Waals surface area (Å²) >= 11 is 0. The van der Waals surface area contributed by atoms with E-state index in [1.54, 1.807) is 24.3 Å². The van der Waals surface area contributed by atoms with E-state index < -0.39 is 0 Å². The fraction of sp³-hybridized carbons (Fsp3) is 0.545. The highest BCUT2D eigenvalue weighted by Crippen LogP contribution is 2.10. The molecule has 2 fully saturated rings. The minimum Gasteiger partial charge on any atom is -0.352 e. The minimum atomic E-state index is -0.271. The minimum absolute atomic E-state index is 0.0723. The summed E-state index contributed by atoms with van der Waals surface area (Å²) in [4.78, 5) is 52.1. The number of benzene rings is 1. The topological polar surface area (TPSA) is 98.8 Å².